The Kier molecular flexibility index (Phi) is 7.64. The van der Waals surface area contributed by atoms with Gasteiger partial charge in [0.05, 0.1) is 11.1 Å². The number of hydrogen-bond donors (Lipinski definition) is 0. The molecule has 0 heterocycles. The predicted octanol–water partition coefficient (Wildman–Crippen LogP) is 6.75. The van der Waals surface area contributed by atoms with E-state index in [1.54, 1.807) is 25.1 Å². The Labute approximate surface area is 166 Å². The van der Waals surface area contributed by atoms with Crippen LogP contribution in [0.2, 0.25) is 0 Å². The highest BCUT2D eigenvalue weighted by atomic mass is 31.2. The quantitative estimate of drug-likeness (QED) is 0.189. The van der Waals surface area contributed by atoms with Gasteiger partial charge in [-0.2, -0.15) is 0 Å². The first-order valence-corrected chi connectivity index (χ1v) is 11.3. The number of rotatable bonds is 10. The van der Waals surface area contributed by atoms with Gasteiger partial charge < -0.3 is 9.05 Å². The summed E-state index contributed by atoms with van der Waals surface area (Å²) in [6.45, 7) is 7.63. The fourth-order valence-corrected chi connectivity index (χ4v) is 4.78. The van der Waals surface area contributed by atoms with Gasteiger partial charge in [0.25, 0.3) is 0 Å². The third-order valence-electron chi connectivity index (χ3n) is 4.47. The smallest absolute Gasteiger partial charge is 0.416 e. The van der Waals surface area contributed by atoms with E-state index >= 15 is 0 Å². The molecule has 0 bridgehead atoms. The van der Waals surface area contributed by atoms with Gasteiger partial charge in [0.1, 0.15) is 5.75 Å². The minimum Gasteiger partial charge on any atom is -0.416 e. The summed E-state index contributed by atoms with van der Waals surface area (Å²) >= 11 is 0. The molecule has 0 N–H and O–H groups in total. The zero-order valence-electron chi connectivity index (χ0n) is 16.9. The lowest BCUT2D eigenvalue weighted by atomic mass is 10.1. The van der Waals surface area contributed by atoms with Gasteiger partial charge in [-0.15, -0.1) is 0 Å². The maximum atomic E-state index is 13.6. The summed E-state index contributed by atoms with van der Waals surface area (Å²) in [5.74, 6) is 0.483. The monoisotopic (exact) mass is 405 g/mol. The SMILES string of the molecule is CCCCCC[P@@](=O)(Oc1ccc(C)cc1C)Oc1c(C)cccc1[N+](=O)[O-]. The van der Waals surface area contributed by atoms with Gasteiger partial charge in [0.15, 0.2) is 0 Å². The molecule has 0 fully saturated rings. The third-order valence-corrected chi connectivity index (χ3v) is 6.27. The Balaban J connectivity index is 2.36. The van der Waals surface area contributed by atoms with Crippen LogP contribution in [0.3, 0.4) is 0 Å². The van der Waals surface area contributed by atoms with Crippen LogP contribution in [0.4, 0.5) is 5.69 Å². The maximum absolute atomic E-state index is 13.6. The van der Waals surface area contributed by atoms with Crippen molar-refractivity contribution in [2.75, 3.05) is 6.16 Å². The summed E-state index contributed by atoms with van der Waals surface area (Å²) in [6.07, 6.45) is 3.83. The molecule has 1 atom stereocenters. The van der Waals surface area contributed by atoms with Crippen molar-refractivity contribution in [2.45, 2.75) is 53.4 Å². The Morgan fingerprint density at radius 3 is 2.39 bits per heavy atom. The van der Waals surface area contributed by atoms with Gasteiger partial charge in [-0.25, -0.2) is 4.57 Å². The van der Waals surface area contributed by atoms with Gasteiger partial charge in [0.2, 0.25) is 5.75 Å². The molecule has 0 spiro atoms. The fourth-order valence-electron chi connectivity index (χ4n) is 2.93. The van der Waals surface area contributed by atoms with Crippen molar-refractivity contribution in [3.05, 3.63) is 63.2 Å². The van der Waals surface area contributed by atoms with Crippen LogP contribution in [0, 0.1) is 30.9 Å². The number of hydrogen-bond acceptors (Lipinski definition) is 5. The van der Waals surface area contributed by atoms with E-state index in [0.29, 0.717) is 17.7 Å². The van der Waals surface area contributed by atoms with Gasteiger partial charge >= 0.3 is 13.3 Å². The van der Waals surface area contributed by atoms with Gasteiger partial charge in [-0.1, -0.05) is 56.0 Å². The standard InChI is InChI=1S/C21H28NO5P/c1-5-6-7-8-14-28(25,26-20-13-12-16(2)15-18(20)4)27-21-17(3)10-9-11-19(21)22(23)24/h9-13,15H,5-8,14H2,1-4H3/t28-/m1/s1. The molecule has 2 aromatic carbocycles. The van der Waals surface area contributed by atoms with Crippen molar-refractivity contribution in [3.63, 3.8) is 0 Å². The molecule has 2 rings (SSSR count). The first-order chi connectivity index (χ1) is 13.3. The molecular weight excluding hydrogens is 377 g/mol. The van der Waals surface area contributed by atoms with E-state index in [1.807, 2.05) is 26.0 Å². The normalized spacial score (nSPS) is 13.0. The third kappa shape index (κ3) is 5.83. The van der Waals surface area contributed by atoms with Crippen LogP contribution < -0.4 is 9.05 Å². The maximum Gasteiger partial charge on any atom is 0.430 e. The summed E-state index contributed by atoms with van der Waals surface area (Å²) in [5.41, 5.74) is 2.25. The molecule has 0 radical (unpaired) electrons. The molecule has 0 aromatic heterocycles. The van der Waals surface area contributed by atoms with E-state index in [2.05, 4.69) is 6.92 Å². The molecule has 0 aliphatic heterocycles. The first-order valence-electron chi connectivity index (χ1n) is 9.55. The summed E-state index contributed by atoms with van der Waals surface area (Å²) in [5, 5.41) is 11.4. The molecule has 152 valence electrons. The van der Waals surface area contributed by atoms with Crippen LogP contribution >= 0.6 is 7.60 Å². The topological polar surface area (TPSA) is 78.7 Å². The van der Waals surface area contributed by atoms with Crippen molar-refractivity contribution in [1.29, 1.82) is 0 Å². The number of benzene rings is 2. The molecule has 0 saturated heterocycles. The largest absolute Gasteiger partial charge is 0.430 e. The number of nitrogens with zero attached hydrogens (tertiary/aromatic N) is 1. The highest BCUT2D eigenvalue weighted by Gasteiger charge is 2.32. The molecular formula is C21H28NO5P. The van der Waals surface area contributed by atoms with Crippen molar-refractivity contribution in [1.82, 2.24) is 0 Å². The highest BCUT2D eigenvalue weighted by molar-refractivity contribution is 7.54. The number of nitro benzene ring substituents is 1. The van der Waals surface area contributed by atoms with Crippen LogP contribution in [0.5, 0.6) is 11.5 Å². The zero-order chi connectivity index (χ0) is 20.7. The first kappa shape index (κ1) is 22.0. The molecule has 0 aliphatic rings. The molecule has 6 nitrogen and oxygen atoms in total. The molecule has 0 amide bonds. The van der Waals surface area contributed by atoms with Gasteiger partial charge in [0, 0.05) is 6.07 Å². The second-order valence-electron chi connectivity index (χ2n) is 7.03. The van der Waals surface area contributed by atoms with E-state index < -0.39 is 12.5 Å². The van der Waals surface area contributed by atoms with Crippen LogP contribution in [-0.2, 0) is 4.57 Å². The highest BCUT2D eigenvalue weighted by Crippen LogP contribution is 2.52. The van der Waals surface area contributed by atoms with Crippen molar-refractivity contribution in [2.24, 2.45) is 0 Å². The molecule has 7 heteroatoms. The lowest BCUT2D eigenvalue weighted by Gasteiger charge is -2.22. The lowest BCUT2D eigenvalue weighted by molar-refractivity contribution is -0.385. The van der Waals surface area contributed by atoms with E-state index in [1.165, 1.54) is 6.07 Å². The summed E-state index contributed by atoms with van der Waals surface area (Å²) in [4.78, 5) is 10.9. The van der Waals surface area contributed by atoms with E-state index in [4.69, 9.17) is 9.05 Å². The number of unbranched alkanes of at least 4 members (excludes halogenated alkanes) is 3. The number of aryl methyl sites for hydroxylation is 3. The molecule has 2 aromatic rings. The van der Waals surface area contributed by atoms with Crippen LogP contribution in [0.25, 0.3) is 0 Å². The second kappa shape index (κ2) is 9.74. The van der Waals surface area contributed by atoms with Gasteiger partial charge in [-0.05, 0) is 44.4 Å². The number of nitro groups is 1. The van der Waals surface area contributed by atoms with Gasteiger partial charge in [-0.3, -0.25) is 10.1 Å². The summed E-state index contributed by atoms with van der Waals surface area (Å²) in [7, 11) is -3.64. The van der Waals surface area contributed by atoms with Crippen molar-refractivity contribution in [3.8, 4) is 11.5 Å². The lowest BCUT2D eigenvalue weighted by Crippen LogP contribution is -2.08. The summed E-state index contributed by atoms with van der Waals surface area (Å²) in [6, 6.07) is 10.2. The minimum atomic E-state index is -3.64. The Bertz CT molecular complexity index is 881. The summed E-state index contributed by atoms with van der Waals surface area (Å²) < 4.78 is 25.3. The van der Waals surface area contributed by atoms with Crippen LogP contribution in [-0.4, -0.2) is 11.1 Å². The van der Waals surface area contributed by atoms with E-state index in [9.17, 15) is 14.7 Å². The Hall–Kier alpha value is -2.33. The average molecular weight is 405 g/mol. The molecule has 28 heavy (non-hydrogen) atoms. The molecule has 0 unspecified atom stereocenters. The Morgan fingerprint density at radius 2 is 1.75 bits per heavy atom. The molecule has 0 aliphatic carbocycles. The van der Waals surface area contributed by atoms with Crippen molar-refractivity contribution < 1.29 is 18.5 Å². The zero-order valence-corrected chi connectivity index (χ0v) is 17.8. The fraction of sp³-hybridized carbons (Fsp3) is 0.429. The van der Waals surface area contributed by atoms with Crippen molar-refractivity contribution >= 4 is 13.3 Å². The van der Waals surface area contributed by atoms with E-state index in [0.717, 1.165) is 30.4 Å². The van der Waals surface area contributed by atoms with E-state index in [-0.39, 0.29) is 17.6 Å². The predicted molar refractivity (Wildman–Crippen MR) is 112 cm³/mol. The number of para-hydroxylation sites is 1. The van der Waals surface area contributed by atoms with Crippen LogP contribution in [0.15, 0.2) is 36.4 Å². The molecule has 0 saturated carbocycles. The second-order valence-corrected chi connectivity index (χ2v) is 9.06. The van der Waals surface area contributed by atoms with Crippen LogP contribution in [0.1, 0.15) is 49.3 Å². The average Bonchev–Trinajstić information content (AvgIpc) is 2.63. The minimum absolute atomic E-state index is 0.0103. The Morgan fingerprint density at radius 1 is 1.00 bits per heavy atom.